The van der Waals surface area contributed by atoms with Crippen molar-refractivity contribution >= 4 is 44.8 Å². The topological polar surface area (TPSA) is 105 Å². The third kappa shape index (κ3) is 4.43. The minimum atomic E-state index is -3.90. The normalized spacial score (nSPS) is 19.0. The Morgan fingerprint density at radius 3 is 2.84 bits per heavy atom. The molecule has 2 aromatic carbocycles. The first-order valence-corrected chi connectivity index (χ1v) is 11.8. The maximum absolute atomic E-state index is 13.4. The molecule has 0 aliphatic carbocycles. The Balaban J connectivity index is 1.53. The first-order valence-electron chi connectivity index (χ1n) is 9.98. The van der Waals surface area contributed by atoms with Gasteiger partial charge in [0.05, 0.1) is 21.5 Å². The Labute approximate surface area is 189 Å². The molecule has 2 aromatic rings. The second-order valence-corrected chi connectivity index (χ2v) is 10.1. The fourth-order valence-corrected chi connectivity index (χ4v) is 5.75. The number of aryl methyl sites for hydroxylation is 1. The van der Waals surface area contributed by atoms with Crippen LogP contribution in [0.5, 0.6) is 5.75 Å². The largest absolute Gasteiger partial charge is 0.482 e. The molecule has 4 rings (SSSR count). The van der Waals surface area contributed by atoms with Gasteiger partial charge in [-0.3, -0.25) is 9.59 Å². The Hall–Kier alpha value is -2.69. The van der Waals surface area contributed by atoms with Crippen LogP contribution in [0.1, 0.15) is 18.4 Å². The molecule has 32 heavy (non-hydrogen) atoms. The summed E-state index contributed by atoms with van der Waals surface area (Å²) in [6.07, 6.45) is 1.03. The highest BCUT2D eigenvalue weighted by molar-refractivity contribution is 7.89. The average Bonchev–Trinajstić information content (AvgIpc) is 2.75. The van der Waals surface area contributed by atoms with Crippen LogP contribution in [-0.4, -0.2) is 44.2 Å². The van der Waals surface area contributed by atoms with Gasteiger partial charge < -0.3 is 15.4 Å². The second-order valence-electron chi connectivity index (χ2n) is 7.77. The van der Waals surface area contributed by atoms with Crippen LogP contribution in [0.15, 0.2) is 35.2 Å². The summed E-state index contributed by atoms with van der Waals surface area (Å²) in [5.74, 6) is -1.55. The SMILES string of the molecule is Cc1cc2c(cc1S(=O)(=O)N1CCC[C@@H](C(=O)Nc3ccc(F)c(Cl)c3)C1)OCC(=O)N2. The van der Waals surface area contributed by atoms with Crippen LogP contribution < -0.4 is 15.4 Å². The van der Waals surface area contributed by atoms with Crippen LogP contribution >= 0.6 is 11.6 Å². The molecule has 2 amide bonds. The third-order valence-electron chi connectivity index (χ3n) is 5.47. The zero-order valence-electron chi connectivity index (χ0n) is 17.2. The van der Waals surface area contributed by atoms with Crippen LogP contribution in [0, 0.1) is 18.7 Å². The number of benzene rings is 2. The minimum Gasteiger partial charge on any atom is -0.482 e. The van der Waals surface area contributed by atoms with E-state index in [-0.39, 0.29) is 47.2 Å². The lowest BCUT2D eigenvalue weighted by atomic mass is 9.99. The number of sulfonamides is 1. The van der Waals surface area contributed by atoms with Gasteiger partial charge in [0.25, 0.3) is 5.91 Å². The monoisotopic (exact) mass is 481 g/mol. The molecule has 1 saturated heterocycles. The molecule has 0 saturated carbocycles. The molecule has 2 aliphatic heterocycles. The third-order valence-corrected chi connectivity index (χ3v) is 7.77. The number of fused-ring (bicyclic) bond motifs is 1. The lowest BCUT2D eigenvalue weighted by Gasteiger charge is -2.32. The van der Waals surface area contributed by atoms with Gasteiger partial charge in [0.1, 0.15) is 11.6 Å². The van der Waals surface area contributed by atoms with Gasteiger partial charge in [-0.1, -0.05) is 11.6 Å². The molecular formula is C21H21ClFN3O5S. The molecule has 0 bridgehead atoms. The first-order chi connectivity index (χ1) is 15.1. The number of carbonyl (C=O) groups is 2. The number of rotatable bonds is 4. The van der Waals surface area contributed by atoms with Crippen molar-refractivity contribution < 1.29 is 27.1 Å². The van der Waals surface area contributed by atoms with Gasteiger partial charge in [0, 0.05) is 24.8 Å². The lowest BCUT2D eigenvalue weighted by molar-refractivity contribution is -0.121. The number of piperidine rings is 1. The maximum atomic E-state index is 13.4. The van der Waals surface area contributed by atoms with E-state index >= 15 is 0 Å². The minimum absolute atomic E-state index is 0.0111. The van der Waals surface area contributed by atoms with Crippen molar-refractivity contribution in [1.29, 1.82) is 0 Å². The fourth-order valence-electron chi connectivity index (χ4n) is 3.83. The van der Waals surface area contributed by atoms with Crippen molar-refractivity contribution in [2.75, 3.05) is 30.3 Å². The van der Waals surface area contributed by atoms with E-state index in [9.17, 15) is 22.4 Å². The van der Waals surface area contributed by atoms with E-state index in [2.05, 4.69) is 10.6 Å². The molecule has 1 atom stereocenters. The van der Waals surface area contributed by atoms with Crippen LogP contribution in [0.25, 0.3) is 0 Å². The number of anilines is 2. The molecule has 0 aromatic heterocycles. The molecule has 8 nitrogen and oxygen atoms in total. The van der Waals surface area contributed by atoms with Crippen molar-refractivity contribution in [3.8, 4) is 5.75 Å². The molecule has 0 unspecified atom stereocenters. The quantitative estimate of drug-likeness (QED) is 0.698. The molecule has 1 fully saturated rings. The molecule has 11 heteroatoms. The highest BCUT2D eigenvalue weighted by Gasteiger charge is 2.35. The standard InChI is InChI=1S/C21H21ClFN3O5S/c1-12-7-17-18(31-11-20(27)25-17)9-19(12)32(29,30)26-6-2-3-13(10-26)21(28)24-14-4-5-16(23)15(22)8-14/h4-5,7-9,13H,2-3,6,10-11H2,1H3,(H,24,28)(H,25,27)/t13-/m1/s1. The molecule has 2 heterocycles. The Morgan fingerprint density at radius 2 is 2.09 bits per heavy atom. The highest BCUT2D eigenvalue weighted by Crippen LogP contribution is 2.35. The van der Waals surface area contributed by atoms with Crippen molar-refractivity contribution in [2.45, 2.75) is 24.7 Å². The van der Waals surface area contributed by atoms with E-state index in [1.54, 1.807) is 13.0 Å². The van der Waals surface area contributed by atoms with E-state index in [0.717, 1.165) is 6.07 Å². The Kier molecular flexibility index (Phi) is 6.11. The number of ether oxygens (including phenoxy) is 1. The summed E-state index contributed by atoms with van der Waals surface area (Å²) in [5, 5.41) is 5.22. The van der Waals surface area contributed by atoms with Gasteiger partial charge in [-0.15, -0.1) is 0 Å². The van der Waals surface area contributed by atoms with E-state index in [4.69, 9.17) is 16.3 Å². The van der Waals surface area contributed by atoms with E-state index in [1.807, 2.05) is 0 Å². The summed E-state index contributed by atoms with van der Waals surface area (Å²) in [7, 11) is -3.90. The predicted octanol–water partition coefficient (Wildman–Crippen LogP) is 3.16. The number of hydrogen-bond donors (Lipinski definition) is 2. The number of amides is 2. The molecule has 2 aliphatic rings. The smallest absolute Gasteiger partial charge is 0.262 e. The number of nitrogens with one attached hydrogen (secondary N) is 2. The van der Waals surface area contributed by atoms with Gasteiger partial charge >= 0.3 is 0 Å². The van der Waals surface area contributed by atoms with Crippen LogP contribution in [0.4, 0.5) is 15.8 Å². The van der Waals surface area contributed by atoms with Gasteiger partial charge in [-0.2, -0.15) is 4.31 Å². The van der Waals surface area contributed by atoms with Crippen molar-refractivity contribution in [2.24, 2.45) is 5.92 Å². The van der Waals surface area contributed by atoms with Crippen molar-refractivity contribution in [3.05, 3.63) is 46.7 Å². The number of nitrogens with zero attached hydrogens (tertiary/aromatic N) is 1. The summed E-state index contributed by atoms with van der Waals surface area (Å²) < 4.78 is 46.7. The van der Waals surface area contributed by atoms with Gasteiger partial charge in [-0.25, -0.2) is 12.8 Å². The van der Waals surface area contributed by atoms with Gasteiger partial charge in [-0.05, 0) is 49.6 Å². The van der Waals surface area contributed by atoms with Crippen LogP contribution in [0.3, 0.4) is 0 Å². The zero-order valence-corrected chi connectivity index (χ0v) is 18.7. The summed E-state index contributed by atoms with van der Waals surface area (Å²) in [4.78, 5) is 24.3. The summed E-state index contributed by atoms with van der Waals surface area (Å²) in [6.45, 7) is 1.75. The number of halogens is 2. The molecule has 170 valence electrons. The second kappa shape index (κ2) is 8.68. The summed E-state index contributed by atoms with van der Waals surface area (Å²) in [6, 6.07) is 6.82. The average molecular weight is 482 g/mol. The first kappa shape index (κ1) is 22.5. The Bertz CT molecular complexity index is 1200. The van der Waals surface area contributed by atoms with E-state index in [0.29, 0.717) is 29.8 Å². The van der Waals surface area contributed by atoms with Crippen molar-refractivity contribution in [1.82, 2.24) is 4.31 Å². The fraction of sp³-hybridized carbons (Fsp3) is 0.333. The number of carbonyl (C=O) groups excluding carboxylic acids is 2. The van der Waals surface area contributed by atoms with Crippen LogP contribution in [0.2, 0.25) is 5.02 Å². The number of hydrogen-bond acceptors (Lipinski definition) is 5. The predicted molar refractivity (Wildman–Crippen MR) is 117 cm³/mol. The lowest BCUT2D eigenvalue weighted by Crippen LogP contribution is -2.43. The molecule has 0 spiro atoms. The van der Waals surface area contributed by atoms with Gasteiger partial charge in [0.15, 0.2) is 6.61 Å². The van der Waals surface area contributed by atoms with Crippen LogP contribution in [-0.2, 0) is 19.6 Å². The summed E-state index contributed by atoms with van der Waals surface area (Å²) in [5.41, 5.74) is 1.22. The van der Waals surface area contributed by atoms with E-state index < -0.39 is 21.8 Å². The zero-order chi connectivity index (χ0) is 23.0. The summed E-state index contributed by atoms with van der Waals surface area (Å²) >= 11 is 5.76. The molecule has 0 radical (unpaired) electrons. The Morgan fingerprint density at radius 1 is 1.31 bits per heavy atom. The van der Waals surface area contributed by atoms with E-state index in [1.165, 1.54) is 22.5 Å². The molecular weight excluding hydrogens is 461 g/mol. The maximum Gasteiger partial charge on any atom is 0.262 e. The van der Waals surface area contributed by atoms with Crippen molar-refractivity contribution in [3.63, 3.8) is 0 Å². The van der Waals surface area contributed by atoms with Gasteiger partial charge in [0.2, 0.25) is 15.9 Å². The highest BCUT2D eigenvalue weighted by atomic mass is 35.5. The molecule has 2 N–H and O–H groups in total.